The number of aromatic nitrogens is 1. The molecule has 0 spiro atoms. The lowest BCUT2D eigenvalue weighted by molar-refractivity contribution is 0.164. The molecule has 1 aromatic heterocycles. The third-order valence-electron chi connectivity index (χ3n) is 3.26. The molecule has 4 heteroatoms. The highest BCUT2D eigenvalue weighted by Gasteiger charge is 2.16. The Kier molecular flexibility index (Phi) is 3.35. The van der Waals surface area contributed by atoms with Gasteiger partial charge in [-0.05, 0) is 50.2 Å². The number of rotatable bonds is 2. The van der Waals surface area contributed by atoms with E-state index < -0.39 is 0 Å². The van der Waals surface area contributed by atoms with Crippen LogP contribution in [0.2, 0.25) is 5.02 Å². The summed E-state index contributed by atoms with van der Waals surface area (Å²) in [5, 5.41) is 4.99. The number of benzene rings is 1. The monoisotopic (exact) mass is 262 g/mol. The molecule has 0 bridgehead atoms. The van der Waals surface area contributed by atoms with Crippen LogP contribution in [0.25, 0.3) is 10.9 Å². The Bertz CT molecular complexity index is 552. The molecule has 2 heterocycles. The Balaban J connectivity index is 1.94. The first kappa shape index (κ1) is 11.8. The summed E-state index contributed by atoms with van der Waals surface area (Å²) in [4.78, 5) is 4.31. The van der Waals surface area contributed by atoms with Gasteiger partial charge in [0.05, 0.1) is 10.5 Å². The smallest absolute Gasteiger partial charge is 0.129 e. The molecular weight excluding hydrogens is 248 g/mol. The fraction of sp³-hybridized carbons (Fsp3) is 0.357. The quantitative estimate of drug-likeness (QED) is 0.903. The maximum Gasteiger partial charge on any atom is 0.129 e. The lowest BCUT2D eigenvalue weighted by Crippen LogP contribution is -2.34. The predicted octanol–water partition coefficient (Wildman–Crippen LogP) is 3.02. The van der Waals surface area contributed by atoms with E-state index in [9.17, 15) is 0 Å². The highest BCUT2D eigenvalue weighted by atomic mass is 35.5. The molecule has 1 aromatic carbocycles. The number of hydrogen-bond donors (Lipinski definition) is 1. The van der Waals surface area contributed by atoms with Crippen molar-refractivity contribution < 1.29 is 4.74 Å². The van der Waals surface area contributed by atoms with Crippen molar-refractivity contribution in [1.82, 2.24) is 10.3 Å². The fourth-order valence-corrected chi connectivity index (χ4v) is 2.52. The first-order valence-corrected chi connectivity index (χ1v) is 6.63. The maximum absolute atomic E-state index is 6.14. The predicted molar refractivity (Wildman–Crippen MR) is 73.3 cm³/mol. The van der Waals surface area contributed by atoms with Gasteiger partial charge in [0.15, 0.2) is 0 Å². The summed E-state index contributed by atoms with van der Waals surface area (Å²) in [5.74, 6) is 0.884. The molecule has 2 aromatic rings. The average Bonchev–Trinajstić information content (AvgIpc) is 2.44. The summed E-state index contributed by atoms with van der Waals surface area (Å²) in [7, 11) is 0. The second-order valence-electron chi connectivity index (χ2n) is 4.51. The van der Waals surface area contributed by atoms with Crippen LogP contribution in [-0.4, -0.2) is 24.2 Å². The molecule has 3 nitrogen and oxygen atoms in total. The minimum Gasteiger partial charge on any atom is -0.490 e. The van der Waals surface area contributed by atoms with Crippen LogP contribution in [-0.2, 0) is 0 Å². The van der Waals surface area contributed by atoms with Crippen molar-refractivity contribution in [3.05, 3.63) is 35.5 Å². The number of fused-ring (bicyclic) bond motifs is 1. The van der Waals surface area contributed by atoms with E-state index in [1.165, 1.54) is 0 Å². The summed E-state index contributed by atoms with van der Waals surface area (Å²) in [6.45, 7) is 2.04. The van der Waals surface area contributed by atoms with Crippen LogP contribution >= 0.6 is 11.6 Å². The average molecular weight is 263 g/mol. The van der Waals surface area contributed by atoms with E-state index in [-0.39, 0.29) is 6.10 Å². The Morgan fingerprint density at radius 2 is 2.06 bits per heavy atom. The van der Waals surface area contributed by atoms with Gasteiger partial charge < -0.3 is 10.1 Å². The Morgan fingerprint density at radius 3 is 2.89 bits per heavy atom. The van der Waals surface area contributed by atoms with Gasteiger partial charge in [0.1, 0.15) is 11.9 Å². The van der Waals surface area contributed by atoms with Gasteiger partial charge in [0, 0.05) is 11.6 Å². The third kappa shape index (κ3) is 2.28. The molecule has 1 fully saturated rings. The van der Waals surface area contributed by atoms with Crippen molar-refractivity contribution in [2.24, 2.45) is 0 Å². The van der Waals surface area contributed by atoms with E-state index in [1.807, 2.05) is 24.3 Å². The summed E-state index contributed by atoms with van der Waals surface area (Å²) < 4.78 is 6.08. The molecule has 1 saturated heterocycles. The van der Waals surface area contributed by atoms with E-state index in [2.05, 4.69) is 10.3 Å². The van der Waals surface area contributed by atoms with E-state index in [1.54, 1.807) is 6.20 Å². The fourth-order valence-electron chi connectivity index (χ4n) is 2.31. The molecule has 0 atom stereocenters. The third-order valence-corrected chi connectivity index (χ3v) is 3.57. The van der Waals surface area contributed by atoms with E-state index in [0.29, 0.717) is 5.02 Å². The summed E-state index contributed by atoms with van der Waals surface area (Å²) in [6, 6.07) is 7.71. The number of nitrogens with one attached hydrogen (secondary N) is 1. The van der Waals surface area contributed by atoms with E-state index in [0.717, 1.165) is 42.6 Å². The number of pyridine rings is 1. The zero-order chi connectivity index (χ0) is 12.4. The molecule has 0 saturated carbocycles. The number of ether oxygens (including phenoxy) is 1. The van der Waals surface area contributed by atoms with Crippen LogP contribution in [0.4, 0.5) is 0 Å². The van der Waals surface area contributed by atoms with Gasteiger partial charge >= 0.3 is 0 Å². The van der Waals surface area contributed by atoms with E-state index in [4.69, 9.17) is 16.3 Å². The molecule has 94 valence electrons. The van der Waals surface area contributed by atoms with Crippen LogP contribution in [0.5, 0.6) is 5.75 Å². The van der Waals surface area contributed by atoms with Crippen molar-refractivity contribution >= 4 is 22.5 Å². The Labute approximate surface area is 111 Å². The lowest BCUT2D eigenvalue weighted by atomic mass is 10.1. The van der Waals surface area contributed by atoms with Gasteiger partial charge in [-0.1, -0.05) is 11.6 Å². The summed E-state index contributed by atoms with van der Waals surface area (Å²) in [6.07, 6.45) is 4.13. The molecule has 0 unspecified atom stereocenters. The minimum atomic E-state index is 0.288. The van der Waals surface area contributed by atoms with Gasteiger partial charge in [0.2, 0.25) is 0 Å². The molecular formula is C14H15ClN2O. The Hall–Kier alpha value is -1.32. The van der Waals surface area contributed by atoms with Crippen molar-refractivity contribution in [2.75, 3.05) is 13.1 Å². The second kappa shape index (κ2) is 5.12. The highest BCUT2D eigenvalue weighted by molar-refractivity contribution is 6.35. The zero-order valence-electron chi connectivity index (χ0n) is 10.0. The van der Waals surface area contributed by atoms with Gasteiger partial charge in [-0.2, -0.15) is 0 Å². The van der Waals surface area contributed by atoms with Crippen LogP contribution in [0.1, 0.15) is 12.8 Å². The molecule has 3 rings (SSSR count). The van der Waals surface area contributed by atoms with Crippen LogP contribution in [0, 0.1) is 0 Å². The van der Waals surface area contributed by atoms with Gasteiger partial charge in [-0.25, -0.2) is 0 Å². The van der Waals surface area contributed by atoms with E-state index >= 15 is 0 Å². The lowest BCUT2D eigenvalue weighted by Gasteiger charge is -2.24. The van der Waals surface area contributed by atoms with Crippen LogP contribution in [0.15, 0.2) is 30.5 Å². The zero-order valence-corrected chi connectivity index (χ0v) is 10.8. The van der Waals surface area contributed by atoms with Gasteiger partial charge in [0.25, 0.3) is 0 Å². The molecule has 1 N–H and O–H groups in total. The van der Waals surface area contributed by atoms with Crippen molar-refractivity contribution in [3.63, 3.8) is 0 Å². The molecule has 0 amide bonds. The Morgan fingerprint density at radius 1 is 1.22 bits per heavy atom. The number of piperidine rings is 1. The largest absolute Gasteiger partial charge is 0.490 e. The number of hydrogen-bond acceptors (Lipinski definition) is 3. The summed E-state index contributed by atoms with van der Waals surface area (Å²) >= 11 is 6.14. The van der Waals surface area contributed by atoms with Crippen molar-refractivity contribution in [3.8, 4) is 5.75 Å². The molecule has 1 aliphatic heterocycles. The van der Waals surface area contributed by atoms with Crippen molar-refractivity contribution in [1.29, 1.82) is 0 Å². The highest BCUT2D eigenvalue weighted by Crippen LogP contribution is 2.31. The SMILES string of the molecule is Clc1ccc(OC2CCNCC2)c2cccnc12. The number of halogens is 1. The minimum absolute atomic E-state index is 0.288. The molecule has 0 aliphatic carbocycles. The molecule has 0 radical (unpaired) electrons. The second-order valence-corrected chi connectivity index (χ2v) is 4.92. The molecule has 18 heavy (non-hydrogen) atoms. The summed E-state index contributed by atoms with van der Waals surface area (Å²) in [5.41, 5.74) is 0.811. The normalized spacial score (nSPS) is 16.9. The standard InChI is InChI=1S/C14H15ClN2O/c15-12-3-4-13(11-2-1-7-17-14(11)12)18-10-5-8-16-9-6-10/h1-4,7,10,16H,5-6,8-9H2. The van der Waals surface area contributed by atoms with Gasteiger partial charge in [-0.15, -0.1) is 0 Å². The first-order chi connectivity index (χ1) is 8.84. The topological polar surface area (TPSA) is 34.1 Å². The van der Waals surface area contributed by atoms with Crippen LogP contribution < -0.4 is 10.1 Å². The maximum atomic E-state index is 6.14. The molecule has 1 aliphatic rings. The van der Waals surface area contributed by atoms with Gasteiger partial charge in [-0.3, -0.25) is 4.98 Å². The number of nitrogens with zero attached hydrogens (tertiary/aromatic N) is 1. The van der Waals surface area contributed by atoms with Crippen LogP contribution in [0.3, 0.4) is 0 Å². The van der Waals surface area contributed by atoms with Crippen molar-refractivity contribution in [2.45, 2.75) is 18.9 Å². The first-order valence-electron chi connectivity index (χ1n) is 6.25.